The molecule has 0 aliphatic rings. The SMILES string of the molecule is CN(C)[C@@H](CNC(=O)c1ccc(-c2ccc(F)cc2)o1)c1ccsc1. The second-order valence-corrected chi connectivity index (χ2v) is 6.70. The molecule has 6 heteroatoms. The highest BCUT2D eigenvalue weighted by Gasteiger charge is 2.18. The number of thiophene rings is 1. The van der Waals surface area contributed by atoms with E-state index in [-0.39, 0.29) is 23.5 Å². The first-order valence-corrected chi connectivity index (χ1v) is 8.81. The Morgan fingerprint density at radius 2 is 1.96 bits per heavy atom. The Hall–Kier alpha value is -2.44. The van der Waals surface area contributed by atoms with Crippen molar-refractivity contribution in [2.45, 2.75) is 6.04 Å². The molecule has 4 nitrogen and oxygen atoms in total. The van der Waals surface area contributed by atoms with Gasteiger partial charge in [-0.2, -0.15) is 11.3 Å². The van der Waals surface area contributed by atoms with Crippen LogP contribution in [-0.2, 0) is 0 Å². The highest BCUT2D eigenvalue weighted by Crippen LogP contribution is 2.23. The van der Waals surface area contributed by atoms with E-state index in [0.717, 1.165) is 5.56 Å². The second kappa shape index (κ2) is 7.63. The summed E-state index contributed by atoms with van der Waals surface area (Å²) in [7, 11) is 3.96. The fraction of sp³-hybridized carbons (Fsp3) is 0.211. The lowest BCUT2D eigenvalue weighted by Crippen LogP contribution is -2.34. The lowest BCUT2D eigenvalue weighted by atomic mass is 10.1. The monoisotopic (exact) mass is 358 g/mol. The molecule has 0 fully saturated rings. The first-order chi connectivity index (χ1) is 12.0. The molecule has 1 N–H and O–H groups in total. The average Bonchev–Trinajstić information content (AvgIpc) is 3.27. The normalized spacial score (nSPS) is 12.3. The van der Waals surface area contributed by atoms with Crippen LogP contribution in [-0.4, -0.2) is 31.4 Å². The Bertz CT molecular complexity index is 825. The quantitative estimate of drug-likeness (QED) is 0.719. The highest BCUT2D eigenvalue weighted by molar-refractivity contribution is 7.07. The summed E-state index contributed by atoms with van der Waals surface area (Å²) in [5.41, 5.74) is 1.90. The fourth-order valence-electron chi connectivity index (χ4n) is 2.57. The van der Waals surface area contributed by atoms with Crippen LogP contribution in [0.15, 0.2) is 57.6 Å². The van der Waals surface area contributed by atoms with Crippen LogP contribution in [0.4, 0.5) is 4.39 Å². The number of likely N-dealkylation sites (N-methyl/N-ethyl adjacent to an activating group) is 1. The number of nitrogens with one attached hydrogen (secondary N) is 1. The summed E-state index contributed by atoms with van der Waals surface area (Å²) >= 11 is 1.63. The van der Waals surface area contributed by atoms with Gasteiger partial charge in [-0.3, -0.25) is 4.79 Å². The largest absolute Gasteiger partial charge is 0.451 e. The molecule has 3 aromatic rings. The predicted octanol–water partition coefficient (Wildman–Crippen LogP) is 4.18. The van der Waals surface area contributed by atoms with Gasteiger partial charge < -0.3 is 14.6 Å². The van der Waals surface area contributed by atoms with Crippen molar-refractivity contribution < 1.29 is 13.6 Å². The summed E-state index contributed by atoms with van der Waals surface area (Å²) < 4.78 is 18.6. The van der Waals surface area contributed by atoms with E-state index in [1.54, 1.807) is 35.6 Å². The van der Waals surface area contributed by atoms with Crippen LogP contribution in [0.2, 0.25) is 0 Å². The van der Waals surface area contributed by atoms with Gasteiger partial charge in [0.1, 0.15) is 11.6 Å². The number of nitrogens with zero attached hydrogens (tertiary/aromatic N) is 1. The molecule has 0 saturated heterocycles. The van der Waals surface area contributed by atoms with Gasteiger partial charge in [-0.25, -0.2) is 4.39 Å². The van der Waals surface area contributed by atoms with Gasteiger partial charge >= 0.3 is 0 Å². The van der Waals surface area contributed by atoms with Gasteiger partial charge in [-0.05, 0) is 72.9 Å². The molecule has 0 spiro atoms. The van der Waals surface area contributed by atoms with E-state index in [9.17, 15) is 9.18 Å². The molecule has 2 aromatic heterocycles. The molecule has 2 heterocycles. The maximum absolute atomic E-state index is 13.0. The van der Waals surface area contributed by atoms with E-state index in [4.69, 9.17) is 4.42 Å². The summed E-state index contributed by atoms with van der Waals surface area (Å²) in [5.74, 6) is 0.196. The zero-order valence-corrected chi connectivity index (χ0v) is 14.8. The van der Waals surface area contributed by atoms with Crippen molar-refractivity contribution in [3.8, 4) is 11.3 Å². The average molecular weight is 358 g/mol. The summed E-state index contributed by atoms with van der Waals surface area (Å²) in [4.78, 5) is 14.4. The number of benzene rings is 1. The molecular formula is C19H19FN2O2S. The van der Waals surface area contributed by atoms with E-state index in [0.29, 0.717) is 12.3 Å². The van der Waals surface area contributed by atoms with Crippen LogP contribution in [0, 0.1) is 5.82 Å². The second-order valence-electron chi connectivity index (χ2n) is 5.92. The number of amides is 1. The van der Waals surface area contributed by atoms with Crippen molar-refractivity contribution in [1.29, 1.82) is 0 Å². The number of hydrogen-bond acceptors (Lipinski definition) is 4. The van der Waals surface area contributed by atoms with Crippen LogP contribution in [0.5, 0.6) is 0 Å². The Balaban J connectivity index is 1.66. The van der Waals surface area contributed by atoms with Crippen LogP contribution >= 0.6 is 11.3 Å². The minimum atomic E-state index is -0.309. The Kier molecular flexibility index (Phi) is 5.31. The van der Waals surface area contributed by atoms with E-state index in [1.165, 1.54) is 17.7 Å². The van der Waals surface area contributed by atoms with Crippen molar-refractivity contribution in [2.75, 3.05) is 20.6 Å². The molecule has 0 radical (unpaired) electrons. The number of carbonyl (C=O) groups is 1. The van der Waals surface area contributed by atoms with Crippen molar-refractivity contribution in [2.24, 2.45) is 0 Å². The number of halogens is 1. The van der Waals surface area contributed by atoms with Gasteiger partial charge in [0.2, 0.25) is 0 Å². The van der Waals surface area contributed by atoms with Gasteiger partial charge in [0.15, 0.2) is 5.76 Å². The lowest BCUT2D eigenvalue weighted by Gasteiger charge is -2.23. The third-order valence-corrected chi connectivity index (χ3v) is 4.67. The predicted molar refractivity (Wildman–Crippen MR) is 97.2 cm³/mol. The zero-order chi connectivity index (χ0) is 17.8. The number of furan rings is 1. The van der Waals surface area contributed by atoms with Crippen molar-refractivity contribution in [3.63, 3.8) is 0 Å². The Morgan fingerprint density at radius 3 is 2.60 bits per heavy atom. The fourth-order valence-corrected chi connectivity index (χ4v) is 3.28. The maximum atomic E-state index is 13.0. The van der Waals surface area contributed by atoms with Crippen LogP contribution in [0.25, 0.3) is 11.3 Å². The smallest absolute Gasteiger partial charge is 0.287 e. The minimum absolute atomic E-state index is 0.0988. The Labute approximate surface area is 149 Å². The molecule has 0 unspecified atom stereocenters. The standard InChI is InChI=1S/C19H19FN2O2S/c1-22(2)16(14-9-10-25-12-14)11-21-19(23)18-8-7-17(24-18)13-3-5-15(20)6-4-13/h3-10,12,16H,11H2,1-2H3,(H,21,23)/t16-/m0/s1. The van der Waals surface area contributed by atoms with Gasteiger partial charge in [0.25, 0.3) is 5.91 Å². The van der Waals surface area contributed by atoms with Crippen LogP contribution in [0.3, 0.4) is 0 Å². The highest BCUT2D eigenvalue weighted by atomic mass is 32.1. The van der Waals surface area contributed by atoms with Gasteiger partial charge in [0, 0.05) is 12.1 Å². The van der Waals surface area contributed by atoms with Crippen molar-refractivity contribution >= 4 is 17.2 Å². The molecule has 0 aliphatic heterocycles. The van der Waals surface area contributed by atoms with E-state index < -0.39 is 0 Å². The number of rotatable bonds is 6. The van der Waals surface area contributed by atoms with Crippen molar-refractivity contribution in [1.82, 2.24) is 10.2 Å². The molecule has 0 aliphatic carbocycles. The number of carbonyl (C=O) groups excluding carboxylic acids is 1. The van der Waals surface area contributed by atoms with Gasteiger partial charge in [-0.15, -0.1) is 0 Å². The van der Waals surface area contributed by atoms with E-state index >= 15 is 0 Å². The summed E-state index contributed by atoms with van der Waals surface area (Å²) in [6.07, 6.45) is 0. The molecule has 0 saturated carbocycles. The molecule has 1 atom stereocenters. The summed E-state index contributed by atoms with van der Waals surface area (Å²) in [5, 5.41) is 7.02. The third-order valence-electron chi connectivity index (χ3n) is 3.97. The molecule has 0 bridgehead atoms. The zero-order valence-electron chi connectivity index (χ0n) is 14.0. The van der Waals surface area contributed by atoms with Crippen LogP contribution in [0.1, 0.15) is 22.2 Å². The molecule has 1 aromatic carbocycles. The van der Waals surface area contributed by atoms with E-state index in [2.05, 4.69) is 21.7 Å². The molecule has 130 valence electrons. The topological polar surface area (TPSA) is 45.5 Å². The maximum Gasteiger partial charge on any atom is 0.287 e. The first-order valence-electron chi connectivity index (χ1n) is 7.87. The third kappa shape index (κ3) is 4.15. The summed E-state index contributed by atoms with van der Waals surface area (Å²) in [6, 6.07) is 11.5. The minimum Gasteiger partial charge on any atom is -0.451 e. The first kappa shape index (κ1) is 17.4. The molecule has 1 amide bonds. The van der Waals surface area contributed by atoms with Gasteiger partial charge in [0.05, 0.1) is 6.04 Å². The summed E-state index contributed by atoms with van der Waals surface area (Å²) in [6.45, 7) is 0.481. The van der Waals surface area contributed by atoms with Gasteiger partial charge in [-0.1, -0.05) is 0 Å². The lowest BCUT2D eigenvalue weighted by molar-refractivity contribution is 0.0915. The molecule has 3 rings (SSSR count). The number of hydrogen-bond donors (Lipinski definition) is 1. The van der Waals surface area contributed by atoms with Crippen molar-refractivity contribution in [3.05, 3.63) is 70.4 Å². The molecular weight excluding hydrogens is 339 g/mol. The van der Waals surface area contributed by atoms with Crippen LogP contribution < -0.4 is 5.32 Å². The molecule has 25 heavy (non-hydrogen) atoms. The Morgan fingerprint density at radius 1 is 1.20 bits per heavy atom. The van der Waals surface area contributed by atoms with E-state index in [1.807, 2.05) is 19.5 Å².